The Bertz CT molecular complexity index is 773. The zero-order valence-electron chi connectivity index (χ0n) is 13.4. The zero-order chi connectivity index (χ0) is 17.1. The van der Waals surface area contributed by atoms with Gasteiger partial charge in [0.05, 0.1) is 0 Å². The van der Waals surface area contributed by atoms with E-state index in [2.05, 4.69) is 10.3 Å². The quantitative estimate of drug-likeness (QED) is 0.679. The standard InChI is InChI=1S/C17H18N4O3/c1-20-11-8-18-15(20)14(22)12-4-6-13(7-5-12)19-16(23)17(24)21-9-2-3-10-21/h4-8,11H,2-3,9-10H2,1H3,(H,19,23). The number of hydrogen-bond acceptors (Lipinski definition) is 4. The molecule has 2 aromatic rings. The Morgan fingerprint density at radius 1 is 1.08 bits per heavy atom. The van der Waals surface area contributed by atoms with E-state index in [1.165, 1.54) is 0 Å². The molecule has 0 atom stereocenters. The highest BCUT2D eigenvalue weighted by Crippen LogP contribution is 2.14. The highest BCUT2D eigenvalue weighted by molar-refractivity contribution is 6.39. The third kappa shape index (κ3) is 3.19. The van der Waals surface area contributed by atoms with Gasteiger partial charge in [-0.2, -0.15) is 0 Å². The van der Waals surface area contributed by atoms with Crippen molar-refractivity contribution >= 4 is 23.3 Å². The van der Waals surface area contributed by atoms with E-state index in [1.807, 2.05) is 0 Å². The molecule has 0 spiro atoms. The minimum absolute atomic E-state index is 0.200. The lowest BCUT2D eigenvalue weighted by molar-refractivity contribution is -0.142. The summed E-state index contributed by atoms with van der Waals surface area (Å²) < 4.78 is 1.65. The van der Waals surface area contributed by atoms with Crippen LogP contribution in [0.25, 0.3) is 0 Å². The average Bonchev–Trinajstić information content (AvgIpc) is 3.25. The van der Waals surface area contributed by atoms with E-state index in [4.69, 9.17) is 0 Å². The van der Waals surface area contributed by atoms with E-state index >= 15 is 0 Å². The molecule has 0 radical (unpaired) electrons. The van der Waals surface area contributed by atoms with Crippen molar-refractivity contribution < 1.29 is 14.4 Å². The molecule has 1 aliphatic rings. The van der Waals surface area contributed by atoms with Gasteiger partial charge in [-0.05, 0) is 37.1 Å². The maximum Gasteiger partial charge on any atom is 0.313 e. The van der Waals surface area contributed by atoms with Gasteiger partial charge in [-0.15, -0.1) is 0 Å². The summed E-state index contributed by atoms with van der Waals surface area (Å²) in [5.74, 6) is -1.02. The number of ketones is 1. The fourth-order valence-corrected chi connectivity index (χ4v) is 2.67. The second-order valence-corrected chi connectivity index (χ2v) is 5.72. The molecule has 124 valence electrons. The SMILES string of the molecule is Cn1ccnc1C(=O)c1ccc(NC(=O)C(=O)N2CCCC2)cc1. The van der Waals surface area contributed by atoms with Crippen LogP contribution in [0.5, 0.6) is 0 Å². The van der Waals surface area contributed by atoms with E-state index in [0.717, 1.165) is 12.8 Å². The number of hydrogen-bond donors (Lipinski definition) is 1. The molecule has 0 aliphatic carbocycles. The third-order valence-electron chi connectivity index (χ3n) is 4.02. The van der Waals surface area contributed by atoms with Gasteiger partial charge in [-0.25, -0.2) is 4.98 Å². The van der Waals surface area contributed by atoms with Gasteiger partial charge < -0.3 is 14.8 Å². The van der Waals surface area contributed by atoms with Gasteiger partial charge in [0.25, 0.3) is 0 Å². The number of aromatic nitrogens is 2. The number of anilines is 1. The zero-order valence-corrected chi connectivity index (χ0v) is 13.4. The fraction of sp³-hybridized carbons (Fsp3) is 0.294. The third-order valence-corrected chi connectivity index (χ3v) is 4.02. The molecule has 0 bridgehead atoms. The first-order valence-electron chi connectivity index (χ1n) is 7.78. The number of nitrogens with zero attached hydrogens (tertiary/aromatic N) is 3. The molecule has 1 aliphatic heterocycles. The summed E-state index contributed by atoms with van der Waals surface area (Å²) in [4.78, 5) is 41.8. The summed E-state index contributed by atoms with van der Waals surface area (Å²) in [7, 11) is 1.75. The van der Waals surface area contributed by atoms with Gasteiger partial charge in [0, 0.05) is 43.8 Å². The van der Waals surface area contributed by atoms with Crippen molar-refractivity contribution in [1.82, 2.24) is 14.5 Å². The first-order chi connectivity index (χ1) is 11.6. The predicted octanol–water partition coefficient (Wildman–Crippen LogP) is 1.21. The van der Waals surface area contributed by atoms with E-state index in [0.29, 0.717) is 30.2 Å². The van der Waals surface area contributed by atoms with Crippen LogP contribution in [0.2, 0.25) is 0 Å². The number of benzene rings is 1. The number of rotatable bonds is 3. The monoisotopic (exact) mass is 326 g/mol. The van der Waals surface area contributed by atoms with E-state index in [-0.39, 0.29) is 5.78 Å². The van der Waals surface area contributed by atoms with Crippen molar-refractivity contribution in [2.75, 3.05) is 18.4 Å². The van der Waals surface area contributed by atoms with Crippen LogP contribution < -0.4 is 5.32 Å². The molecule has 1 fully saturated rings. The molecule has 24 heavy (non-hydrogen) atoms. The molecule has 7 nitrogen and oxygen atoms in total. The van der Waals surface area contributed by atoms with Gasteiger partial charge in [-0.1, -0.05) is 0 Å². The molecular formula is C17H18N4O3. The Kier molecular flexibility index (Phi) is 4.41. The summed E-state index contributed by atoms with van der Waals surface area (Å²) in [6.07, 6.45) is 5.13. The van der Waals surface area contributed by atoms with Crippen LogP contribution in [-0.2, 0) is 16.6 Å². The number of nitrogens with one attached hydrogen (secondary N) is 1. The Morgan fingerprint density at radius 2 is 1.75 bits per heavy atom. The van der Waals surface area contributed by atoms with Crippen molar-refractivity contribution in [3.63, 3.8) is 0 Å². The molecule has 0 saturated carbocycles. The number of carbonyl (C=O) groups excluding carboxylic acids is 3. The second kappa shape index (κ2) is 6.66. The molecule has 2 amide bonds. The van der Waals surface area contributed by atoms with Crippen molar-refractivity contribution in [1.29, 1.82) is 0 Å². The summed E-state index contributed by atoms with van der Waals surface area (Å²) in [6.45, 7) is 1.26. The minimum Gasteiger partial charge on any atom is -0.334 e. The molecule has 0 unspecified atom stereocenters. The van der Waals surface area contributed by atoms with E-state index in [9.17, 15) is 14.4 Å². The van der Waals surface area contributed by atoms with Crippen molar-refractivity contribution in [2.45, 2.75) is 12.8 Å². The first-order valence-corrected chi connectivity index (χ1v) is 7.78. The number of imidazole rings is 1. The van der Waals surface area contributed by atoms with Gasteiger partial charge in [0.2, 0.25) is 5.78 Å². The van der Waals surface area contributed by atoms with E-state index < -0.39 is 11.8 Å². The van der Waals surface area contributed by atoms with Gasteiger partial charge in [-0.3, -0.25) is 14.4 Å². The van der Waals surface area contributed by atoms with Crippen LogP contribution in [-0.4, -0.2) is 45.1 Å². The Morgan fingerprint density at radius 3 is 2.33 bits per heavy atom. The van der Waals surface area contributed by atoms with Crippen LogP contribution in [0.4, 0.5) is 5.69 Å². The lowest BCUT2D eigenvalue weighted by Crippen LogP contribution is -2.37. The Balaban J connectivity index is 1.66. The molecule has 7 heteroatoms. The predicted molar refractivity (Wildman–Crippen MR) is 87.5 cm³/mol. The summed E-state index contributed by atoms with van der Waals surface area (Å²) in [5, 5.41) is 2.57. The number of carbonyl (C=O) groups is 3. The van der Waals surface area contributed by atoms with Crippen molar-refractivity contribution in [3.05, 3.63) is 48.0 Å². The smallest absolute Gasteiger partial charge is 0.313 e. The van der Waals surface area contributed by atoms with Gasteiger partial charge >= 0.3 is 11.8 Å². The second-order valence-electron chi connectivity index (χ2n) is 5.72. The lowest BCUT2D eigenvalue weighted by atomic mass is 10.1. The maximum absolute atomic E-state index is 12.3. The largest absolute Gasteiger partial charge is 0.334 e. The topological polar surface area (TPSA) is 84.3 Å². The molecular weight excluding hydrogens is 308 g/mol. The maximum atomic E-state index is 12.3. The first kappa shape index (κ1) is 15.9. The lowest BCUT2D eigenvalue weighted by Gasteiger charge is -2.14. The van der Waals surface area contributed by atoms with Crippen molar-refractivity contribution in [3.8, 4) is 0 Å². The Labute approximate surface area is 139 Å². The molecule has 1 aromatic heterocycles. The van der Waals surface area contributed by atoms with Gasteiger partial charge in [0.15, 0.2) is 5.82 Å². The van der Waals surface area contributed by atoms with Crippen LogP contribution in [0.15, 0.2) is 36.7 Å². The molecule has 1 saturated heterocycles. The summed E-state index contributed by atoms with van der Waals surface area (Å²) >= 11 is 0. The van der Waals surface area contributed by atoms with Crippen LogP contribution in [0, 0.1) is 0 Å². The normalized spacial score (nSPS) is 13.8. The van der Waals surface area contributed by atoms with E-state index in [1.54, 1.807) is 53.2 Å². The number of amides is 2. The average molecular weight is 326 g/mol. The minimum atomic E-state index is -0.653. The molecule has 2 heterocycles. The number of aryl methyl sites for hydroxylation is 1. The van der Waals surface area contributed by atoms with Crippen LogP contribution >= 0.6 is 0 Å². The fourth-order valence-electron chi connectivity index (χ4n) is 2.67. The summed E-state index contributed by atoms with van der Waals surface area (Å²) in [6, 6.07) is 6.41. The van der Waals surface area contributed by atoms with Crippen molar-refractivity contribution in [2.24, 2.45) is 7.05 Å². The number of likely N-dealkylation sites (tertiary alicyclic amines) is 1. The molecule has 3 rings (SSSR count). The molecule has 1 N–H and O–H groups in total. The Hall–Kier alpha value is -2.96. The van der Waals surface area contributed by atoms with Crippen LogP contribution in [0.1, 0.15) is 29.0 Å². The molecule has 1 aromatic carbocycles. The van der Waals surface area contributed by atoms with Crippen LogP contribution in [0.3, 0.4) is 0 Å². The highest BCUT2D eigenvalue weighted by atomic mass is 16.2. The highest BCUT2D eigenvalue weighted by Gasteiger charge is 2.24. The summed E-state index contributed by atoms with van der Waals surface area (Å²) in [5.41, 5.74) is 0.942. The van der Waals surface area contributed by atoms with Gasteiger partial charge in [0.1, 0.15) is 0 Å².